The van der Waals surface area contributed by atoms with E-state index in [1.54, 1.807) is 0 Å². The summed E-state index contributed by atoms with van der Waals surface area (Å²) in [6.07, 6.45) is 2.67. The van der Waals surface area contributed by atoms with Gasteiger partial charge in [-0.1, -0.05) is 48.0 Å². The van der Waals surface area contributed by atoms with Crippen molar-refractivity contribution < 1.29 is 0 Å². The maximum Gasteiger partial charge on any atom is 0.0406 e. The van der Waals surface area contributed by atoms with Gasteiger partial charge in [0.15, 0.2) is 0 Å². The quantitative estimate of drug-likeness (QED) is 0.909. The first-order chi connectivity index (χ1) is 11.2. The van der Waals surface area contributed by atoms with Gasteiger partial charge in [-0.3, -0.25) is 4.90 Å². The Bertz CT molecular complexity index is 666. The molecule has 1 N–H and O–H groups in total. The molecule has 0 aliphatic carbocycles. The molecule has 2 aliphatic rings. The molecule has 1 spiro atoms. The lowest BCUT2D eigenvalue weighted by molar-refractivity contribution is 0.0521. The van der Waals surface area contributed by atoms with Crippen LogP contribution in [-0.4, -0.2) is 31.1 Å². The van der Waals surface area contributed by atoms with E-state index in [9.17, 15) is 0 Å². The first-order valence-electron chi connectivity index (χ1n) is 8.51. The van der Waals surface area contributed by atoms with Gasteiger partial charge in [0.25, 0.3) is 0 Å². The van der Waals surface area contributed by atoms with Crippen LogP contribution in [0.5, 0.6) is 0 Å². The summed E-state index contributed by atoms with van der Waals surface area (Å²) in [5.41, 5.74) is 4.61. The Hall–Kier alpha value is -1.35. The van der Waals surface area contributed by atoms with E-state index in [4.69, 9.17) is 11.6 Å². The van der Waals surface area contributed by atoms with Crippen molar-refractivity contribution in [2.75, 3.05) is 26.2 Å². The first-order valence-corrected chi connectivity index (χ1v) is 8.89. The van der Waals surface area contributed by atoms with Crippen LogP contribution in [0.2, 0.25) is 5.02 Å². The Labute approximate surface area is 143 Å². The zero-order chi connectivity index (χ0) is 15.7. The van der Waals surface area contributed by atoms with Gasteiger partial charge in [-0.05, 0) is 60.2 Å². The molecular weight excluding hydrogens is 304 g/mol. The molecule has 120 valence electrons. The van der Waals surface area contributed by atoms with Gasteiger partial charge in [0.2, 0.25) is 0 Å². The molecular formula is C20H23ClN2. The van der Waals surface area contributed by atoms with E-state index in [0.29, 0.717) is 5.41 Å². The Morgan fingerprint density at radius 1 is 0.957 bits per heavy atom. The third kappa shape index (κ3) is 3.16. The number of nitrogens with zero attached hydrogens (tertiary/aromatic N) is 1. The number of hydrogen-bond donors (Lipinski definition) is 1. The molecule has 23 heavy (non-hydrogen) atoms. The van der Waals surface area contributed by atoms with Crippen LogP contribution in [0.3, 0.4) is 0 Å². The molecule has 0 bridgehead atoms. The first kappa shape index (κ1) is 15.2. The number of piperidine rings is 1. The van der Waals surface area contributed by atoms with E-state index in [0.717, 1.165) is 11.6 Å². The van der Waals surface area contributed by atoms with Crippen molar-refractivity contribution in [2.45, 2.75) is 19.4 Å². The van der Waals surface area contributed by atoms with Crippen molar-refractivity contribution in [1.82, 2.24) is 10.2 Å². The minimum absolute atomic E-state index is 0.617. The summed E-state index contributed by atoms with van der Waals surface area (Å²) >= 11 is 6.03. The maximum absolute atomic E-state index is 6.03. The third-order valence-electron chi connectivity index (χ3n) is 5.48. The summed E-state index contributed by atoms with van der Waals surface area (Å²) in [6, 6.07) is 16.9. The van der Waals surface area contributed by atoms with Gasteiger partial charge in [-0.2, -0.15) is 0 Å². The van der Waals surface area contributed by atoms with Crippen LogP contribution < -0.4 is 5.32 Å². The molecule has 2 aliphatic heterocycles. The fourth-order valence-corrected chi connectivity index (χ4v) is 3.95. The monoisotopic (exact) mass is 326 g/mol. The summed E-state index contributed by atoms with van der Waals surface area (Å²) in [7, 11) is 0. The highest BCUT2D eigenvalue weighted by Gasteiger charge is 2.39. The normalized spacial score (nSPS) is 20.4. The molecule has 3 heteroatoms. The van der Waals surface area contributed by atoms with Crippen LogP contribution in [-0.2, 0) is 6.54 Å². The minimum Gasteiger partial charge on any atom is -0.316 e. The smallest absolute Gasteiger partial charge is 0.0406 e. The molecule has 2 aromatic rings. The largest absolute Gasteiger partial charge is 0.316 e. The van der Waals surface area contributed by atoms with Gasteiger partial charge >= 0.3 is 0 Å². The molecule has 0 amide bonds. The van der Waals surface area contributed by atoms with Crippen LogP contribution in [0.25, 0.3) is 11.1 Å². The average molecular weight is 327 g/mol. The molecule has 0 radical (unpaired) electrons. The second kappa shape index (κ2) is 6.27. The van der Waals surface area contributed by atoms with Crippen LogP contribution in [0.15, 0.2) is 48.5 Å². The van der Waals surface area contributed by atoms with E-state index < -0.39 is 0 Å². The second-order valence-corrected chi connectivity index (χ2v) is 7.48. The summed E-state index contributed by atoms with van der Waals surface area (Å²) in [5, 5.41) is 4.24. The van der Waals surface area contributed by atoms with Crippen LogP contribution in [0.1, 0.15) is 18.4 Å². The SMILES string of the molecule is Clc1ccc(-c2ccccc2CN2CCC3(CC2)CNC3)cc1. The number of halogens is 1. The molecule has 0 atom stereocenters. The predicted molar refractivity (Wildman–Crippen MR) is 96.7 cm³/mol. The molecule has 2 aromatic carbocycles. The standard InChI is InChI=1S/C20H23ClN2/c21-18-7-5-16(6-8-18)19-4-2-1-3-17(19)13-23-11-9-20(10-12-23)14-22-15-20/h1-8,22H,9-15H2. The van der Waals surface area contributed by atoms with Crippen molar-refractivity contribution in [3.8, 4) is 11.1 Å². The number of benzene rings is 2. The minimum atomic E-state index is 0.617. The highest BCUT2D eigenvalue weighted by atomic mass is 35.5. The number of rotatable bonds is 3. The van der Waals surface area contributed by atoms with E-state index in [1.807, 2.05) is 12.1 Å². The van der Waals surface area contributed by atoms with Gasteiger partial charge in [0, 0.05) is 24.7 Å². The van der Waals surface area contributed by atoms with Crippen LogP contribution in [0, 0.1) is 5.41 Å². The lowest BCUT2D eigenvalue weighted by atomic mass is 9.73. The molecule has 0 saturated carbocycles. The van der Waals surface area contributed by atoms with Gasteiger partial charge in [-0.15, -0.1) is 0 Å². The lowest BCUT2D eigenvalue weighted by Gasteiger charge is -2.48. The second-order valence-electron chi connectivity index (χ2n) is 7.04. The van der Waals surface area contributed by atoms with Crippen molar-refractivity contribution in [1.29, 1.82) is 0 Å². The van der Waals surface area contributed by atoms with Crippen molar-refractivity contribution >= 4 is 11.6 Å². The Morgan fingerprint density at radius 3 is 2.30 bits per heavy atom. The number of hydrogen-bond acceptors (Lipinski definition) is 2. The molecule has 0 unspecified atom stereocenters. The lowest BCUT2D eigenvalue weighted by Crippen LogP contribution is -2.58. The van der Waals surface area contributed by atoms with Gasteiger partial charge < -0.3 is 5.32 Å². The van der Waals surface area contributed by atoms with Crippen LogP contribution >= 0.6 is 11.6 Å². The van der Waals surface area contributed by atoms with Gasteiger partial charge in [0.05, 0.1) is 0 Å². The van der Waals surface area contributed by atoms with Crippen molar-refractivity contribution in [3.63, 3.8) is 0 Å². The zero-order valence-corrected chi connectivity index (χ0v) is 14.1. The molecule has 2 heterocycles. The molecule has 0 aromatic heterocycles. The number of nitrogens with one attached hydrogen (secondary N) is 1. The molecule has 4 rings (SSSR count). The Morgan fingerprint density at radius 2 is 1.65 bits per heavy atom. The maximum atomic E-state index is 6.03. The third-order valence-corrected chi connectivity index (χ3v) is 5.74. The molecule has 2 saturated heterocycles. The Kier molecular flexibility index (Phi) is 4.14. The average Bonchev–Trinajstić information content (AvgIpc) is 2.56. The van der Waals surface area contributed by atoms with Crippen molar-refractivity contribution in [3.05, 3.63) is 59.1 Å². The summed E-state index contributed by atoms with van der Waals surface area (Å²) < 4.78 is 0. The van der Waals surface area contributed by atoms with E-state index in [2.05, 4.69) is 46.6 Å². The highest BCUT2D eigenvalue weighted by Crippen LogP contribution is 2.36. The molecule has 2 nitrogen and oxygen atoms in total. The van der Waals surface area contributed by atoms with Gasteiger partial charge in [-0.25, -0.2) is 0 Å². The van der Waals surface area contributed by atoms with E-state index in [1.165, 1.54) is 55.7 Å². The zero-order valence-electron chi connectivity index (χ0n) is 13.4. The fourth-order valence-electron chi connectivity index (χ4n) is 3.83. The highest BCUT2D eigenvalue weighted by molar-refractivity contribution is 6.30. The summed E-state index contributed by atoms with van der Waals surface area (Å²) in [6.45, 7) is 5.93. The van der Waals surface area contributed by atoms with Gasteiger partial charge in [0.1, 0.15) is 0 Å². The predicted octanol–water partition coefficient (Wildman–Crippen LogP) is 4.19. The fraction of sp³-hybridized carbons (Fsp3) is 0.400. The molecule has 2 fully saturated rings. The van der Waals surface area contributed by atoms with E-state index in [-0.39, 0.29) is 0 Å². The summed E-state index contributed by atoms with van der Waals surface area (Å²) in [4.78, 5) is 2.61. The van der Waals surface area contributed by atoms with Crippen LogP contribution in [0.4, 0.5) is 0 Å². The number of likely N-dealkylation sites (tertiary alicyclic amines) is 1. The van der Waals surface area contributed by atoms with Crippen molar-refractivity contribution in [2.24, 2.45) is 5.41 Å². The summed E-state index contributed by atoms with van der Waals surface area (Å²) in [5.74, 6) is 0. The topological polar surface area (TPSA) is 15.3 Å². The van der Waals surface area contributed by atoms with E-state index >= 15 is 0 Å². The Balaban J connectivity index is 1.50.